The Morgan fingerprint density at radius 2 is 2.50 bits per heavy atom. The molecule has 0 saturated heterocycles. The van der Waals surface area contributed by atoms with Crippen molar-refractivity contribution in [1.82, 2.24) is 4.98 Å². The number of nitriles is 1. The van der Waals surface area contributed by atoms with E-state index in [1.807, 2.05) is 6.07 Å². The zero-order valence-electron chi connectivity index (χ0n) is 7.45. The first kappa shape index (κ1) is 10.5. The van der Waals surface area contributed by atoms with Crippen LogP contribution in [0.25, 0.3) is 0 Å². The van der Waals surface area contributed by atoms with Gasteiger partial charge in [0.25, 0.3) is 0 Å². The Labute approximate surface area is 86.1 Å². The molecule has 72 valence electrons. The first-order chi connectivity index (χ1) is 6.69. The van der Waals surface area contributed by atoms with Crippen molar-refractivity contribution in [2.45, 2.75) is 6.42 Å². The fourth-order valence-electron chi connectivity index (χ4n) is 0.984. The van der Waals surface area contributed by atoms with Gasteiger partial charge in [-0.15, -0.1) is 0 Å². The summed E-state index contributed by atoms with van der Waals surface area (Å²) in [6, 6.07) is 3.32. The van der Waals surface area contributed by atoms with Crippen molar-refractivity contribution in [1.29, 1.82) is 5.26 Å². The molecule has 0 unspecified atom stereocenters. The van der Waals surface area contributed by atoms with Gasteiger partial charge < -0.3 is 4.74 Å². The van der Waals surface area contributed by atoms with Gasteiger partial charge in [-0.05, 0) is 11.6 Å². The number of hydrogen-bond donors (Lipinski definition) is 0. The van der Waals surface area contributed by atoms with Crippen LogP contribution in [0.4, 0.5) is 0 Å². The molecule has 0 atom stereocenters. The zero-order chi connectivity index (χ0) is 10.6. The van der Waals surface area contributed by atoms with E-state index in [-0.39, 0.29) is 17.1 Å². The highest BCUT2D eigenvalue weighted by Gasteiger charge is 2.12. The van der Waals surface area contributed by atoms with Crippen molar-refractivity contribution in [3.05, 3.63) is 28.5 Å². The van der Waals surface area contributed by atoms with Crippen molar-refractivity contribution in [2.75, 3.05) is 7.11 Å². The van der Waals surface area contributed by atoms with Crippen molar-refractivity contribution >= 4 is 17.6 Å². The Bertz CT molecular complexity index is 398. The first-order valence-corrected chi connectivity index (χ1v) is 4.16. The van der Waals surface area contributed by atoms with Crippen molar-refractivity contribution in [3.8, 4) is 6.07 Å². The van der Waals surface area contributed by atoms with Crippen LogP contribution in [-0.2, 0) is 11.2 Å². The molecule has 0 aliphatic rings. The minimum atomic E-state index is -0.514. The second-order valence-electron chi connectivity index (χ2n) is 2.49. The lowest BCUT2D eigenvalue weighted by molar-refractivity contribution is 0.0599. The third kappa shape index (κ3) is 2.21. The number of aromatic nitrogens is 1. The van der Waals surface area contributed by atoms with Gasteiger partial charge in [0.1, 0.15) is 5.15 Å². The molecule has 1 rings (SSSR count). The van der Waals surface area contributed by atoms with Crippen LogP contribution in [0.15, 0.2) is 12.3 Å². The summed E-state index contributed by atoms with van der Waals surface area (Å²) in [4.78, 5) is 15.0. The summed E-state index contributed by atoms with van der Waals surface area (Å²) in [5.41, 5.74) is 0.804. The van der Waals surface area contributed by atoms with E-state index in [0.717, 1.165) is 0 Å². The van der Waals surface area contributed by atoms with Crippen molar-refractivity contribution in [2.24, 2.45) is 0 Å². The highest BCUT2D eigenvalue weighted by molar-refractivity contribution is 6.29. The summed E-state index contributed by atoms with van der Waals surface area (Å²) in [5.74, 6) is -0.514. The van der Waals surface area contributed by atoms with Gasteiger partial charge in [0, 0.05) is 6.20 Å². The molecular weight excluding hydrogens is 204 g/mol. The predicted octanol–water partition coefficient (Wildman–Crippen LogP) is 1.59. The summed E-state index contributed by atoms with van der Waals surface area (Å²) < 4.78 is 4.54. The van der Waals surface area contributed by atoms with Gasteiger partial charge in [0.05, 0.1) is 25.2 Å². The SMILES string of the molecule is COC(=O)c1cc(Cl)ncc1CC#N. The van der Waals surface area contributed by atoms with Gasteiger partial charge in [-0.25, -0.2) is 9.78 Å². The molecule has 5 heteroatoms. The Hall–Kier alpha value is -1.60. The summed E-state index contributed by atoms with van der Waals surface area (Å²) >= 11 is 5.62. The van der Waals surface area contributed by atoms with E-state index in [9.17, 15) is 4.79 Å². The Balaban J connectivity index is 3.16. The van der Waals surface area contributed by atoms with Crippen molar-refractivity contribution in [3.63, 3.8) is 0 Å². The van der Waals surface area contributed by atoms with Gasteiger partial charge in [-0.1, -0.05) is 11.6 Å². The van der Waals surface area contributed by atoms with E-state index in [0.29, 0.717) is 5.56 Å². The molecule has 0 aliphatic heterocycles. The highest BCUT2D eigenvalue weighted by Crippen LogP contribution is 2.14. The lowest BCUT2D eigenvalue weighted by Gasteiger charge is -2.03. The van der Waals surface area contributed by atoms with E-state index in [1.54, 1.807) is 0 Å². The van der Waals surface area contributed by atoms with Crippen LogP contribution in [0.2, 0.25) is 5.15 Å². The van der Waals surface area contributed by atoms with E-state index in [2.05, 4.69) is 9.72 Å². The molecule has 0 aromatic carbocycles. The molecule has 4 nitrogen and oxygen atoms in total. The maximum Gasteiger partial charge on any atom is 0.338 e. The third-order valence-electron chi connectivity index (χ3n) is 1.63. The van der Waals surface area contributed by atoms with Crippen LogP contribution in [0.5, 0.6) is 0 Å². The van der Waals surface area contributed by atoms with Crippen LogP contribution in [0.1, 0.15) is 15.9 Å². The Kier molecular flexibility index (Phi) is 3.43. The number of nitrogens with zero attached hydrogens (tertiary/aromatic N) is 2. The number of hydrogen-bond acceptors (Lipinski definition) is 4. The van der Waals surface area contributed by atoms with Gasteiger partial charge >= 0.3 is 5.97 Å². The predicted molar refractivity (Wildman–Crippen MR) is 49.9 cm³/mol. The second kappa shape index (κ2) is 4.58. The highest BCUT2D eigenvalue weighted by atomic mass is 35.5. The molecule has 0 N–H and O–H groups in total. The number of pyridine rings is 1. The normalized spacial score (nSPS) is 9.21. The summed E-state index contributed by atoms with van der Waals surface area (Å²) in [6.07, 6.45) is 1.51. The average molecular weight is 211 g/mol. The zero-order valence-corrected chi connectivity index (χ0v) is 8.21. The molecule has 14 heavy (non-hydrogen) atoms. The largest absolute Gasteiger partial charge is 0.465 e. The summed E-state index contributed by atoms with van der Waals surface area (Å²) in [7, 11) is 1.27. The maximum atomic E-state index is 11.2. The minimum absolute atomic E-state index is 0.106. The lowest BCUT2D eigenvalue weighted by Crippen LogP contribution is -2.06. The van der Waals surface area contributed by atoms with Crippen LogP contribution in [0.3, 0.4) is 0 Å². The quantitative estimate of drug-likeness (QED) is 0.549. The number of halogens is 1. The Morgan fingerprint density at radius 3 is 3.07 bits per heavy atom. The molecule has 0 saturated carbocycles. The van der Waals surface area contributed by atoms with E-state index in [1.165, 1.54) is 19.4 Å². The molecule has 0 fully saturated rings. The minimum Gasteiger partial charge on any atom is -0.465 e. The summed E-state index contributed by atoms with van der Waals surface area (Å²) in [5, 5.41) is 8.71. The van der Waals surface area contributed by atoms with E-state index >= 15 is 0 Å². The van der Waals surface area contributed by atoms with Gasteiger partial charge in [0.2, 0.25) is 0 Å². The number of carbonyl (C=O) groups excluding carboxylic acids is 1. The van der Waals surface area contributed by atoms with Crippen molar-refractivity contribution < 1.29 is 9.53 Å². The monoisotopic (exact) mass is 210 g/mol. The molecule has 1 aromatic rings. The fraction of sp³-hybridized carbons (Fsp3) is 0.222. The van der Waals surface area contributed by atoms with Crippen LogP contribution >= 0.6 is 11.6 Å². The van der Waals surface area contributed by atoms with Gasteiger partial charge in [-0.2, -0.15) is 5.26 Å². The fourth-order valence-corrected chi connectivity index (χ4v) is 1.14. The van der Waals surface area contributed by atoms with Crippen LogP contribution < -0.4 is 0 Å². The standard InChI is InChI=1S/C9H7ClN2O2/c1-14-9(13)7-4-8(10)12-5-6(7)2-3-11/h4-5H,2H2,1H3. The number of ether oxygens (including phenoxy) is 1. The smallest absolute Gasteiger partial charge is 0.338 e. The van der Waals surface area contributed by atoms with E-state index < -0.39 is 5.97 Å². The molecular formula is C9H7ClN2O2. The van der Waals surface area contributed by atoms with E-state index in [4.69, 9.17) is 16.9 Å². The number of carbonyl (C=O) groups is 1. The van der Waals surface area contributed by atoms with Gasteiger partial charge in [-0.3, -0.25) is 0 Å². The molecule has 1 aromatic heterocycles. The summed E-state index contributed by atoms with van der Waals surface area (Å²) in [6.45, 7) is 0. The molecule has 0 bridgehead atoms. The molecule has 0 radical (unpaired) electrons. The molecule has 0 aliphatic carbocycles. The number of methoxy groups -OCH3 is 1. The lowest BCUT2D eigenvalue weighted by atomic mass is 10.1. The van der Waals surface area contributed by atoms with Crippen LogP contribution in [0, 0.1) is 11.3 Å². The van der Waals surface area contributed by atoms with Crippen LogP contribution in [-0.4, -0.2) is 18.1 Å². The molecule has 0 spiro atoms. The number of rotatable bonds is 2. The Morgan fingerprint density at radius 1 is 1.79 bits per heavy atom. The van der Waals surface area contributed by atoms with Gasteiger partial charge in [0.15, 0.2) is 0 Å². The third-order valence-corrected chi connectivity index (χ3v) is 1.83. The molecule has 0 amide bonds. The maximum absolute atomic E-state index is 11.2. The first-order valence-electron chi connectivity index (χ1n) is 3.78. The molecule has 1 heterocycles. The second-order valence-corrected chi connectivity index (χ2v) is 2.88. The topological polar surface area (TPSA) is 63.0 Å². The number of esters is 1. The average Bonchev–Trinajstić information content (AvgIpc) is 2.20.